The molecule has 5 nitrogen and oxygen atoms in total. The average Bonchev–Trinajstić information content (AvgIpc) is 3.19. The van der Waals surface area contributed by atoms with E-state index >= 15 is 0 Å². The molecule has 31 heavy (non-hydrogen) atoms. The number of aryl methyl sites for hydroxylation is 1. The number of benzene rings is 2. The van der Waals surface area contributed by atoms with E-state index in [1.165, 1.54) is 34.9 Å². The van der Waals surface area contributed by atoms with Crippen LogP contribution in [0.3, 0.4) is 0 Å². The van der Waals surface area contributed by atoms with Crippen molar-refractivity contribution in [3.63, 3.8) is 0 Å². The maximum atomic E-state index is 13.2. The summed E-state index contributed by atoms with van der Waals surface area (Å²) in [6.07, 6.45) is 5.68. The van der Waals surface area contributed by atoms with Crippen LogP contribution in [-0.2, 0) is 10.0 Å². The minimum atomic E-state index is -3.66. The van der Waals surface area contributed by atoms with Crippen molar-refractivity contribution in [1.29, 1.82) is 0 Å². The lowest BCUT2D eigenvalue weighted by molar-refractivity contribution is 0.0932. The highest BCUT2D eigenvalue weighted by molar-refractivity contribution is 7.92. The summed E-state index contributed by atoms with van der Waals surface area (Å²) >= 11 is 1.45. The van der Waals surface area contributed by atoms with Gasteiger partial charge in [-0.3, -0.25) is 9.10 Å². The van der Waals surface area contributed by atoms with Gasteiger partial charge in [-0.2, -0.15) is 0 Å². The summed E-state index contributed by atoms with van der Waals surface area (Å²) in [7, 11) is -3.66. The minimum absolute atomic E-state index is 0.0331. The molecule has 0 saturated heterocycles. The molecule has 4 rings (SSSR count). The van der Waals surface area contributed by atoms with Gasteiger partial charge in [-0.05, 0) is 68.5 Å². The number of nitrogens with one attached hydrogen (secondary N) is 1. The van der Waals surface area contributed by atoms with Crippen LogP contribution in [0.1, 0.15) is 54.3 Å². The first-order chi connectivity index (χ1) is 14.9. The van der Waals surface area contributed by atoms with Gasteiger partial charge in [-0.15, -0.1) is 11.3 Å². The molecular formula is C24H28N2O3S2. The summed E-state index contributed by atoms with van der Waals surface area (Å²) in [5, 5.41) is 4.04. The molecule has 1 aromatic heterocycles. The van der Waals surface area contributed by atoms with Gasteiger partial charge < -0.3 is 5.32 Å². The van der Waals surface area contributed by atoms with E-state index in [2.05, 4.69) is 5.32 Å². The largest absolute Gasteiger partial charge is 0.349 e. The maximum Gasteiger partial charge on any atom is 0.264 e. The van der Waals surface area contributed by atoms with E-state index in [9.17, 15) is 13.2 Å². The number of fused-ring (bicyclic) bond motifs is 1. The Balaban J connectivity index is 1.60. The molecule has 0 bridgehead atoms. The van der Waals surface area contributed by atoms with Gasteiger partial charge in [0.15, 0.2) is 0 Å². The van der Waals surface area contributed by atoms with Crippen molar-refractivity contribution in [3.05, 3.63) is 59.0 Å². The van der Waals surface area contributed by atoms with Crippen LogP contribution in [0.4, 0.5) is 5.69 Å². The number of amides is 1. The zero-order chi connectivity index (χ0) is 22.0. The van der Waals surface area contributed by atoms with Crippen LogP contribution >= 0.6 is 11.3 Å². The standard InChI is InChI=1S/C24H28N2O3S2/c1-3-26(31(28,29)21-12-9-17(2)10-13-21)20-11-14-22-18(15-20)16-23(30-22)24(27)25-19-7-5-4-6-8-19/h9-16,19H,3-8H2,1-2H3,(H,25,27). The molecule has 1 heterocycles. The molecule has 1 aliphatic carbocycles. The molecule has 1 fully saturated rings. The smallest absolute Gasteiger partial charge is 0.264 e. The van der Waals surface area contributed by atoms with Gasteiger partial charge in [0, 0.05) is 17.3 Å². The Hall–Kier alpha value is -2.38. The Kier molecular flexibility index (Phi) is 6.34. The van der Waals surface area contributed by atoms with Gasteiger partial charge in [0.05, 0.1) is 15.5 Å². The Morgan fingerprint density at radius 1 is 1.06 bits per heavy atom. The second-order valence-corrected chi connectivity index (χ2v) is 11.1. The number of hydrogen-bond acceptors (Lipinski definition) is 4. The van der Waals surface area contributed by atoms with E-state index in [-0.39, 0.29) is 16.8 Å². The molecule has 0 spiro atoms. The third kappa shape index (κ3) is 4.62. The highest BCUT2D eigenvalue weighted by atomic mass is 32.2. The summed E-state index contributed by atoms with van der Waals surface area (Å²) in [4.78, 5) is 13.7. The van der Waals surface area contributed by atoms with Gasteiger partial charge in [-0.1, -0.05) is 37.0 Å². The number of hydrogen-bond donors (Lipinski definition) is 1. The topological polar surface area (TPSA) is 66.5 Å². The van der Waals surface area contributed by atoms with E-state index < -0.39 is 10.0 Å². The van der Waals surface area contributed by atoms with Crippen molar-refractivity contribution in [3.8, 4) is 0 Å². The molecule has 1 amide bonds. The van der Waals surface area contributed by atoms with Gasteiger partial charge in [0.2, 0.25) is 0 Å². The van der Waals surface area contributed by atoms with Gasteiger partial charge >= 0.3 is 0 Å². The molecule has 1 aliphatic rings. The van der Waals surface area contributed by atoms with Gasteiger partial charge in [0.25, 0.3) is 15.9 Å². The lowest BCUT2D eigenvalue weighted by Crippen LogP contribution is -2.35. The number of anilines is 1. The molecule has 0 aliphatic heterocycles. The summed E-state index contributed by atoms with van der Waals surface area (Å²) in [5.74, 6) is -0.0331. The summed E-state index contributed by atoms with van der Waals surface area (Å²) < 4.78 is 28.8. The quantitative estimate of drug-likeness (QED) is 0.533. The molecule has 3 aromatic rings. The van der Waals surface area contributed by atoms with Crippen LogP contribution < -0.4 is 9.62 Å². The molecule has 0 radical (unpaired) electrons. The number of thiophene rings is 1. The van der Waals surface area contributed by atoms with Gasteiger partial charge in [-0.25, -0.2) is 8.42 Å². The number of carbonyl (C=O) groups excluding carboxylic acids is 1. The molecule has 2 aromatic carbocycles. The number of sulfonamides is 1. The second kappa shape index (κ2) is 9.01. The predicted molar refractivity (Wildman–Crippen MR) is 128 cm³/mol. The fourth-order valence-corrected chi connectivity index (χ4v) is 6.54. The lowest BCUT2D eigenvalue weighted by atomic mass is 9.95. The monoisotopic (exact) mass is 456 g/mol. The van der Waals surface area contributed by atoms with Crippen LogP contribution in [-0.4, -0.2) is 26.9 Å². The average molecular weight is 457 g/mol. The van der Waals surface area contributed by atoms with E-state index in [0.717, 1.165) is 28.5 Å². The summed E-state index contributed by atoms with van der Waals surface area (Å²) in [6, 6.07) is 14.6. The zero-order valence-electron chi connectivity index (χ0n) is 17.9. The van der Waals surface area contributed by atoms with Crippen LogP contribution in [0.25, 0.3) is 10.1 Å². The predicted octanol–water partition coefficient (Wildman–Crippen LogP) is 5.49. The Labute approximate surface area is 188 Å². The molecular weight excluding hydrogens is 428 g/mol. The summed E-state index contributed by atoms with van der Waals surface area (Å²) in [5.41, 5.74) is 1.62. The molecule has 0 unspecified atom stereocenters. The first-order valence-electron chi connectivity index (χ1n) is 10.8. The number of rotatable bonds is 6. The third-order valence-corrected chi connectivity index (χ3v) is 8.88. The van der Waals surface area contributed by atoms with E-state index in [0.29, 0.717) is 17.1 Å². The minimum Gasteiger partial charge on any atom is -0.349 e. The van der Waals surface area contributed by atoms with Crippen LogP contribution in [0.2, 0.25) is 0 Å². The lowest BCUT2D eigenvalue weighted by Gasteiger charge is -2.23. The molecule has 1 saturated carbocycles. The van der Waals surface area contributed by atoms with Crippen LogP contribution in [0, 0.1) is 6.92 Å². The van der Waals surface area contributed by atoms with Crippen molar-refractivity contribution < 1.29 is 13.2 Å². The highest BCUT2D eigenvalue weighted by Gasteiger charge is 2.24. The zero-order valence-corrected chi connectivity index (χ0v) is 19.6. The molecule has 1 N–H and O–H groups in total. The molecule has 0 atom stereocenters. The van der Waals surface area contributed by atoms with E-state index in [1.807, 2.05) is 38.1 Å². The first kappa shape index (κ1) is 21.8. The maximum absolute atomic E-state index is 13.2. The Morgan fingerprint density at radius 3 is 2.45 bits per heavy atom. The first-order valence-corrected chi connectivity index (χ1v) is 13.1. The Bertz CT molecular complexity index is 1180. The second-order valence-electron chi connectivity index (χ2n) is 8.12. The van der Waals surface area contributed by atoms with Crippen molar-refractivity contribution in [2.24, 2.45) is 0 Å². The fraction of sp³-hybridized carbons (Fsp3) is 0.375. The molecule has 7 heteroatoms. The Morgan fingerprint density at radius 2 is 1.77 bits per heavy atom. The number of carbonyl (C=O) groups is 1. The van der Waals surface area contributed by atoms with E-state index in [4.69, 9.17) is 0 Å². The van der Waals surface area contributed by atoms with Crippen molar-refractivity contribution >= 4 is 43.0 Å². The number of nitrogens with zero attached hydrogens (tertiary/aromatic N) is 1. The summed E-state index contributed by atoms with van der Waals surface area (Å²) in [6.45, 7) is 4.08. The van der Waals surface area contributed by atoms with E-state index in [1.54, 1.807) is 24.3 Å². The van der Waals surface area contributed by atoms with Crippen molar-refractivity contribution in [2.75, 3.05) is 10.8 Å². The van der Waals surface area contributed by atoms with Crippen molar-refractivity contribution in [1.82, 2.24) is 5.32 Å². The normalized spacial score (nSPS) is 15.2. The third-order valence-electron chi connectivity index (χ3n) is 5.85. The fourth-order valence-electron chi connectivity index (χ4n) is 4.13. The van der Waals surface area contributed by atoms with Gasteiger partial charge in [0.1, 0.15) is 0 Å². The highest BCUT2D eigenvalue weighted by Crippen LogP contribution is 2.32. The molecule has 164 valence electrons. The van der Waals surface area contributed by atoms with Crippen LogP contribution in [0.5, 0.6) is 0 Å². The SMILES string of the molecule is CCN(c1ccc2sc(C(=O)NC3CCCCC3)cc2c1)S(=O)(=O)c1ccc(C)cc1. The van der Waals surface area contributed by atoms with Crippen molar-refractivity contribution in [2.45, 2.75) is 56.9 Å². The van der Waals surface area contributed by atoms with Crippen LogP contribution in [0.15, 0.2) is 53.4 Å².